The Kier molecular flexibility index (Phi) is 4.16. The van der Waals surface area contributed by atoms with Crippen LogP contribution < -0.4 is 4.74 Å². The third-order valence-electron chi connectivity index (χ3n) is 3.25. The van der Waals surface area contributed by atoms with Gasteiger partial charge in [-0.25, -0.2) is 0 Å². The minimum absolute atomic E-state index is 0.103. The van der Waals surface area contributed by atoms with Gasteiger partial charge in [-0.15, -0.1) is 0 Å². The topological polar surface area (TPSA) is 18.5 Å². The third kappa shape index (κ3) is 2.69. The quantitative estimate of drug-likeness (QED) is 0.738. The van der Waals surface area contributed by atoms with Crippen LogP contribution in [-0.2, 0) is 4.74 Å². The van der Waals surface area contributed by atoms with Gasteiger partial charge in [-0.05, 0) is 53.4 Å². The minimum atomic E-state index is -0.103. The lowest BCUT2D eigenvalue weighted by atomic mass is 9.93. The van der Waals surface area contributed by atoms with E-state index in [2.05, 4.69) is 50.9 Å². The predicted octanol–water partition coefficient (Wildman–Crippen LogP) is 4.46. The van der Waals surface area contributed by atoms with Gasteiger partial charge in [0.1, 0.15) is 5.75 Å². The molecular weight excluding hydrogens is 348 g/mol. The second kappa shape index (κ2) is 5.29. The molecule has 0 bridgehead atoms. The van der Waals surface area contributed by atoms with E-state index < -0.39 is 0 Å². The van der Waals surface area contributed by atoms with E-state index in [1.54, 1.807) is 7.11 Å². The summed E-state index contributed by atoms with van der Waals surface area (Å²) >= 11 is 7.28. The molecule has 1 saturated heterocycles. The third-order valence-corrected chi connectivity index (χ3v) is 5.37. The molecule has 0 saturated carbocycles. The molecule has 4 heteroatoms. The predicted molar refractivity (Wildman–Crippen MR) is 76.0 cm³/mol. The van der Waals surface area contributed by atoms with Gasteiger partial charge in [0, 0.05) is 6.61 Å². The number of hydrogen-bond acceptors (Lipinski definition) is 2. The number of methoxy groups -OCH3 is 1. The lowest BCUT2D eigenvalue weighted by Gasteiger charge is -2.29. The summed E-state index contributed by atoms with van der Waals surface area (Å²) in [5.74, 6) is 0.853. The van der Waals surface area contributed by atoms with E-state index in [0.717, 1.165) is 29.7 Å². The van der Waals surface area contributed by atoms with Crippen molar-refractivity contribution < 1.29 is 9.47 Å². The van der Waals surface area contributed by atoms with E-state index in [1.165, 1.54) is 5.56 Å². The molecule has 94 valence electrons. The summed E-state index contributed by atoms with van der Waals surface area (Å²) in [6, 6.07) is 6.15. The van der Waals surface area contributed by atoms with Crippen LogP contribution in [0.15, 0.2) is 22.7 Å². The number of halogens is 2. The standard InChI is InChI=1S/C13H16Br2O2/c1-13(6-3-7-17-13)12(15)9-4-5-11(16-2)10(14)8-9/h4-5,8,12H,3,6-7H2,1-2H3. The molecule has 0 aliphatic carbocycles. The molecule has 2 nitrogen and oxygen atoms in total. The molecule has 2 unspecified atom stereocenters. The Hall–Kier alpha value is -0.0600. The van der Waals surface area contributed by atoms with E-state index >= 15 is 0 Å². The molecule has 1 aromatic rings. The van der Waals surface area contributed by atoms with Gasteiger partial charge in [-0.3, -0.25) is 0 Å². The van der Waals surface area contributed by atoms with E-state index in [9.17, 15) is 0 Å². The highest BCUT2D eigenvalue weighted by molar-refractivity contribution is 9.10. The lowest BCUT2D eigenvalue weighted by molar-refractivity contribution is 0.0197. The van der Waals surface area contributed by atoms with Crippen molar-refractivity contribution in [1.29, 1.82) is 0 Å². The van der Waals surface area contributed by atoms with Crippen molar-refractivity contribution in [3.05, 3.63) is 28.2 Å². The monoisotopic (exact) mass is 362 g/mol. The maximum Gasteiger partial charge on any atom is 0.133 e. The maximum absolute atomic E-state index is 5.86. The number of benzene rings is 1. The molecule has 1 aliphatic heterocycles. The van der Waals surface area contributed by atoms with Crippen LogP contribution in [0, 0.1) is 0 Å². The first-order valence-corrected chi connectivity index (χ1v) is 7.39. The number of alkyl halides is 1. The summed E-state index contributed by atoms with van der Waals surface area (Å²) in [6.07, 6.45) is 2.22. The first-order chi connectivity index (χ1) is 8.07. The van der Waals surface area contributed by atoms with E-state index in [-0.39, 0.29) is 10.4 Å². The Bertz CT molecular complexity index is 400. The van der Waals surface area contributed by atoms with Gasteiger partial charge in [-0.2, -0.15) is 0 Å². The minimum Gasteiger partial charge on any atom is -0.496 e. The highest BCUT2D eigenvalue weighted by atomic mass is 79.9. The molecule has 1 fully saturated rings. The normalized spacial score (nSPS) is 25.9. The van der Waals surface area contributed by atoms with Crippen molar-refractivity contribution >= 4 is 31.9 Å². The van der Waals surface area contributed by atoms with Crippen LogP contribution in [-0.4, -0.2) is 19.3 Å². The van der Waals surface area contributed by atoms with Gasteiger partial charge >= 0.3 is 0 Å². The van der Waals surface area contributed by atoms with Crippen molar-refractivity contribution in [2.24, 2.45) is 0 Å². The summed E-state index contributed by atoms with van der Waals surface area (Å²) in [6.45, 7) is 3.02. The molecule has 0 N–H and O–H groups in total. The van der Waals surface area contributed by atoms with Gasteiger partial charge in [0.2, 0.25) is 0 Å². The molecule has 1 aliphatic rings. The smallest absolute Gasteiger partial charge is 0.133 e. The van der Waals surface area contributed by atoms with Crippen LogP contribution in [0.2, 0.25) is 0 Å². The zero-order valence-corrected chi connectivity index (χ0v) is 13.2. The molecule has 0 spiro atoms. The lowest BCUT2D eigenvalue weighted by Crippen LogP contribution is -2.28. The Morgan fingerprint density at radius 2 is 2.24 bits per heavy atom. The Morgan fingerprint density at radius 3 is 2.76 bits per heavy atom. The number of hydrogen-bond donors (Lipinski definition) is 0. The van der Waals surface area contributed by atoms with Crippen LogP contribution >= 0.6 is 31.9 Å². The summed E-state index contributed by atoms with van der Waals surface area (Å²) < 4.78 is 12.1. The fourth-order valence-electron chi connectivity index (χ4n) is 2.19. The molecule has 0 amide bonds. The molecule has 2 atom stereocenters. The second-order valence-electron chi connectivity index (χ2n) is 4.52. The molecule has 2 rings (SSSR count). The van der Waals surface area contributed by atoms with Crippen LogP contribution in [0.5, 0.6) is 5.75 Å². The van der Waals surface area contributed by atoms with E-state index in [0.29, 0.717) is 0 Å². The van der Waals surface area contributed by atoms with Crippen molar-refractivity contribution in [2.75, 3.05) is 13.7 Å². The first kappa shape index (κ1) is 13.4. The number of rotatable bonds is 3. The molecule has 1 aromatic carbocycles. The fraction of sp³-hybridized carbons (Fsp3) is 0.538. The molecule has 0 radical (unpaired) electrons. The molecular formula is C13H16Br2O2. The largest absolute Gasteiger partial charge is 0.496 e. The maximum atomic E-state index is 5.86. The van der Waals surface area contributed by atoms with Crippen molar-refractivity contribution in [3.63, 3.8) is 0 Å². The zero-order valence-electron chi connectivity index (χ0n) is 10.0. The average molecular weight is 364 g/mol. The molecule has 0 aromatic heterocycles. The van der Waals surface area contributed by atoms with Crippen LogP contribution in [0.1, 0.15) is 30.2 Å². The number of ether oxygens (including phenoxy) is 2. The van der Waals surface area contributed by atoms with Gasteiger partial charge in [-0.1, -0.05) is 22.0 Å². The highest BCUT2D eigenvalue weighted by Gasteiger charge is 2.37. The van der Waals surface area contributed by atoms with Gasteiger partial charge in [0.15, 0.2) is 0 Å². The van der Waals surface area contributed by atoms with E-state index in [1.807, 2.05) is 6.07 Å². The van der Waals surface area contributed by atoms with Crippen LogP contribution in [0.25, 0.3) is 0 Å². The summed E-state index contributed by atoms with van der Waals surface area (Å²) in [5, 5.41) is 0. The van der Waals surface area contributed by atoms with Crippen molar-refractivity contribution in [1.82, 2.24) is 0 Å². The molecule has 1 heterocycles. The Morgan fingerprint density at radius 1 is 1.47 bits per heavy atom. The second-order valence-corrected chi connectivity index (χ2v) is 6.29. The first-order valence-electron chi connectivity index (χ1n) is 5.68. The van der Waals surface area contributed by atoms with E-state index in [4.69, 9.17) is 9.47 Å². The SMILES string of the molecule is COc1ccc(C(Br)C2(C)CCCO2)cc1Br. The summed E-state index contributed by atoms with van der Waals surface area (Å²) in [4.78, 5) is 0.208. The summed E-state index contributed by atoms with van der Waals surface area (Å²) in [7, 11) is 1.67. The van der Waals surface area contributed by atoms with Crippen molar-refractivity contribution in [3.8, 4) is 5.75 Å². The van der Waals surface area contributed by atoms with Crippen LogP contribution in [0.4, 0.5) is 0 Å². The van der Waals surface area contributed by atoms with Crippen molar-refractivity contribution in [2.45, 2.75) is 30.2 Å². The van der Waals surface area contributed by atoms with Gasteiger partial charge in [0.25, 0.3) is 0 Å². The average Bonchev–Trinajstić information content (AvgIpc) is 2.76. The van der Waals surface area contributed by atoms with Gasteiger partial charge in [0.05, 0.1) is 22.0 Å². The highest BCUT2D eigenvalue weighted by Crippen LogP contribution is 2.44. The zero-order chi connectivity index (χ0) is 12.5. The van der Waals surface area contributed by atoms with Gasteiger partial charge < -0.3 is 9.47 Å². The Balaban J connectivity index is 2.25. The van der Waals surface area contributed by atoms with Crippen LogP contribution in [0.3, 0.4) is 0 Å². The molecule has 17 heavy (non-hydrogen) atoms. The summed E-state index contributed by atoms with van der Waals surface area (Å²) in [5.41, 5.74) is 1.11. The fourth-order valence-corrected chi connectivity index (χ4v) is 3.40. The Labute approximate surface area is 119 Å².